The number of ketones is 1. The van der Waals surface area contributed by atoms with Gasteiger partial charge in [0.15, 0.2) is 0 Å². The summed E-state index contributed by atoms with van der Waals surface area (Å²) in [7, 11) is 0. The molecule has 0 bridgehead atoms. The average molecular weight is 228 g/mol. The van der Waals surface area contributed by atoms with Gasteiger partial charge < -0.3 is 4.42 Å². The van der Waals surface area contributed by atoms with Gasteiger partial charge in [0.1, 0.15) is 17.3 Å². The number of carbonyl (C=O) groups is 1. The zero-order valence-corrected chi connectivity index (χ0v) is 10.4. The highest BCUT2D eigenvalue weighted by molar-refractivity contribution is 5.77. The average Bonchev–Trinajstić information content (AvgIpc) is 2.63. The van der Waals surface area contributed by atoms with E-state index in [1.807, 2.05) is 12.1 Å². The van der Waals surface area contributed by atoms with Gasteiger partial charge in [-0.2, -0.15) is 0 Å². The van der Waals surface area contributed by atoms with Gasteiger partial charge in [0.2, 0.25) is 0 Å². The van der Waals surface area contributed by atoms with Crippen LogP contribution in [0.15, 0.2) is 34.7 Å². The molecule has 0 fully saturated rings. The molecule has 88 valence electrons. The van der Waals surface area contributed by atoms with Crippen molar-refractivity contribution in [1.82, 2.24) is 0 Å². The normalized spacial score (nSPS) is 10.5. The summed E-state index contributed by atoms with van der Waals surface area (Å²) >= 11 is 0. The molecule has 2 aromatic rings. The predicted molar refractivity (Wildman–Crippen MR) is 68.0 cm³/mol. The third kappa shape index (κ3) is 2.84. The van der Waals surface area contributed by atoms with Gasteiger partial charge in [0.05, 0.1) is 6.42 Å². The molecule has 2 nitrogen and oxygen atoms in total. The van der Waals surface area contributed by atoms with Crippen LogP contribution in [-0.4, -0.2) is 5.78 Å². The molecule has 0 amide bonds. The third-order valence-corrected chi connectivity index (χ3v) is 2.59. The largest absolute Gasteiger partial charge is 0.461 e. The number of hydrogen-bond acceptors (Lipinski definition) is 2. The van der Waals surface area contributed by atoms with Gasteiger partial charge in [-0.25, -0.2) is 0 Å². The fourth-order valence-corrected chi connectivity index (χ4v) is 1.99. The van der Waals surface area contributed by atoms with E-state index in [-0.39, 0.29) is 5.78 Å². The molecule has 17 heavy (non-hydrogen) atoms. The Hall–Kier alpha value is -1.83. The van der Waals surface area contributed by atoms with Crippen LogP contribution in [0, 0.1) is 13.8 Å². The molecule has 0 unspecified atom stereocenters. The van der Waals surface area contributed by atoms with E-state index in [2.05, 4.69) is 32.0 Å². The Labute approximate surface area is 101 Å². The maximum absolute atomic E-state index is 11.0. The van der Waals surface area contributed by atoms with Crippen molar-refractivity contribution < 1.29 is 9.21 Å². The molecule has 1 aromatic carbocycles. The van der Waals surface area contributed by atoms with Gasteiger partial charge in [0.25, 0.3) is 0 Å². The van der Waals surface area contributed by atoms with E-state index in [0.717, 1.165) is 17.1 Å². The molecule has 0 aliphatic rings. The number of carbonyl (C=O) groups excluding carboxylic acids is 1. The first-order valence-electron chi connectivity index (χ1n) is 5.71. The number of Topliss-reactive ketones (excluding diaryl/α,β-unsaturated/α-hetero) is 1. The van der Waals surface area contributed by atoms with E-state index in [1.54, 1.807) is 6.92 Å². The lowest BCUT2D eigenvalue weighted by Gasteiger charge is -2.02. The minimum Gasteiger partial charge on any atom is -0.461 e. The first-order chi connectivity index (χ1) is 8.04. The molecule has 0 spiro atoms. The number of rotatable bonds is 3. The summed E-state index contributed by atoms with van der Waals surface area (Å²) in [5.74, 6) is 1.67. The second-order valence-corrected chi connectivity index (χ2v) is 4.52. The highest BCUT2D eigenvalue weighted by atomic mass is 16.3. The first-order valence-corrected chi connectivity index (χ1v) is 5.71. The Morgan fingerprint density at radius 2 is 1.76 bits per heavy atom. The molecule has 0 N–H and O–H groups in total. The predicted octanol–water partition coefficient (Wildman–Crippen LogP) is 3.69. The van der Waals surface area contributed by atoms with Crippen LogP contribution in [0.4, 0.5) is 0 Å². The van der Waals surface area contributed by atoms with E-state index in [0.29, 0.717) is 6.42 Å². The van der Waals surface area contributed by atoms with E-state index < -0.39 is 0 Å². The van der Waals surface area contributed by atoms with Gasteiger partial charge in [0, 0.05) is 5.56 Å². The van der Waals surface area contributed by atoms with Crippen LogP contribution in [0.3, 0.4) is 0 Å². The summed E-state index contributed by atoms with van der Waals surface area (Å²) in [5, 5.41) is 0. The van der Waals surface area contributed by atoms with Crippen LogP contribution in [0.25, 0.3) is 11.3 Å². The van der Waals surface area contributed by atoms with Crippen molar-refractivity contribution in [2.75, 3.05) is 0 Å². The molecule has 2 heteroatoms. The summed E-state index contributed by atoms with van der Waals surface area (Å²) in [5.41, 5.74) is 3.49. The Kier molecular flexibility index (Phi) is 3.14. The van der Waals surface area contributed by atoms with Crippen molar-refractivity contribution in [3.05, 3.63) is 47.2 Å². The number of hydrogen-bond donors (Lipinski definition) is 0. The second kappa shape index (κ2) is 4.58. The SMILES string of the molecule is CC(=O)Cc1ccc(-c2cc(C)cc(C)c2)o1. The molecule has 0 aliphatic carbocycles. The number of aryl methyl sites for hydroxylation is 2. The first kappa shape index (κ1) is 11.6. The quantitative estimate of drug-likeness (QED) is 0.801. The molecule has 0 saturated carbocycles. The minimum atomic E-state index is 0.117. The van der Waals surface area contributed by atoms with Crippen molar-refractivity contribution >= 4 is 5.78 Å². The van der Waals surface area contributed by atoms with Crippen LogP contribution in [0.1, 0.15) is 23.8 Å². The van der Waals surface area contributed by atoms with Crippen LogP contribution in [0.5, 0.6) is 0 Å². The molecule has 0 atom stereocenters. The molecule has 2 rings (SSSR count). The lowest BCUT2D eigenvalue weighted by atomic mass is 10.1. The van der Waals surface area contributed by atoms with Crippen molar-refractivity contribution in [2.45, 2.75) is 27.2 Å². The highest BCUT2D eigenvalue weighted by Crippen LogP contribution is 2.24. The van der Waals surface area contributed by atoms with E-state index in [1.165, 1.54) is 11.1 Å². The Balaban J connectivity index is 2.33. The van der Waals surface area contributed by atoms with Gasteiger partial charge >= 0.3 is 0 Å². The van der Waals surface area contributed by atoms with E-state index >= 15 is 0 Å². The van der Waals surface area contributed by atoms with Crippen LogP contribution in [0.2, 0.25) is 0 Å². The van der Waals surface area contributed by atoms with E-state index in [4.69, 9.17) is 4.42 Å². The maximum Gasteiger partial charge on any atom is 0.137 e. The van der Waals surface area contributed by atoms with Crippen molar-refractivity contribution in [1.29, 1.82) is 0 Å². The second-order valence-electron chi connectivity index (χ2n) is 4.52. The lowest BCUT2D eigenvalue weighted by Crippen LogP contribution is -1.93. The standard InChI is InChI=1S/C15H16O2/c1-10-6-11(2)8-13(7-10)15-5-4-14(17-15)9-12(3)16/h4-8H,9H2,1-3H3. The van der Waals surface area contributed by atoms with Gasteiger partial charge in [-0.05, 0) is 45.0 Å². The zero-order chi connectivity index (χ0) is 12.4. The summed E-state index contributed by atoms with van der Waals surface area (Å²) in [6.45, 7) is 5.70. The molecule has 1 aromatic heterocycles. The van der Waals surface area contributed by atoms with Crippen LogP contribution in [-0.2, 0) is 11.2 Å². The summed E-state index contributed by atoms with van der Waals surface area (Å²) in [4.78, 5) is 11.0. The van der Waals surface area contributed by atoms with Gasteiger partial charge in [-0.3, -0.25) is 4.79 Å². The Morgan fingerprint density at radius 1 is 1.12 bits per heavy atom. The highest BCUT2D eigenvalue weighted by Gasteiger charge is 2.07. The summed E-state index contributed by atoms with van der Waals surface area (Å²) in [6, 6.07) is 10.1. The smallest absolute Gasteiger partial charge is 0.137 e. The molecule has 0 radical (unpaired) electrons. The third-order valence-electron chi connectivity index (χ3n) is 2.59. The summed E-state index contributed by atoms with van der Waals surface area (Å²) < 4.78 is 5.67. The van der Waals surface area contributed by atoms with E-state index in [9.17, 15) is 4.79 Å². The van der Waals surface area contributed by atoms with Crippen molar-refractivity contribution in [3.63, 3.8) is 0 Å². The van der Waals surface area contributed by atoms with Gasteiger partial charge in [-0.1, -0.05) is 17.2 Å². The summed E-state index contributed by atoms with van der Waals surface area (Å²) in [6.07, 6.45) is 0.366. The minimum absolute atomic E-state index is 0.117. The lowest BCUT2D eigenvalue weighted by molar-refractivity contribution is -0.116. The molecule has 1 heterocycles. The molecular formula is C15H16O2. The monoisotopic (exact) mass is 228 g/mol. The topological polar surface area (TPSA) is 30.2 Å². The Morgan fingerprint density at radius 3 is 2.35 bits per heavy atom. The molecule has 0 saturated heterocycles. The number of benzene rings is 1. The fourth-order valence-electron chi connectivity index (χ4n) is 1.99. The van der Waals surface area contributed by atoms with Gasteiger partial charge in [-0.15, -0.1) is 0 Å². The van der Waals surface area contributed by atoms with Crippen LogP contribution >= 0.6 is 0 Å². The number of furan rings is 1. The Bertz CT molecular complexity index is 530. The van der Waals surface area contributed by atoms with Crippen molar-refractivity contribution in [2.24, 2.45) is 0 Å². The van der Waals surface area contributed by atoms with Crippen molar-refractivity contribution in [3.8, 4) is 11.3 Å². The molecular weight excluding hydrogens is 212 g/mol. The van der Waals surface area contributed by atoms with Crippen LogP contribution < -0.4 is 0 Å². The zero-order valence-electron chi connectivity index (χ0n) is 10.4. The fraction of sp³-hybridized carbons (Fsp3) is 0.267. The molecule has 0 aliphatic heterocycles. The maximum atomic E-state index is 11.0.